The van der Waals surface area contributed by atoms with Crippen LogP contribution in [0.3, 0.4) is 0 Å². The molecule has 6 nitrogen and oxygen atoms in total. The van der Waals surface area contributed by atoms with E-state index in [9.17, 15) is 4.79 Å². The molecule has 1 aromatic heterocycles. The highest BCUT2D eigenvalue weighted by molar-refractivity contribution is 5.80. The number of carbonyl (C=O) groups excluding carboxylic acids is 1. The Morgan fingerprint density at radius 3 is 2.83 bits per heavy atom. The molecule has 0 saturated carbocycles. The Hall–Kier alpha value is -2.18. The van der Waals surface area contributed by atoms with E-state index >= 15 is 0 Å². The fraction of sp³-hybridized carbons (Fsp3) is 0.412. The molecule has 1 aliphatic rings. The molecular formula is C17H23N5O. The van der Waals surface area contributed by atoms with Crippen LogP contribution in [-0.2, 0) is 4.79 Å². The summed E-state index contributed by atoms with van der Waals surface area (Å²) in [5.74, 6) is 0.702. The molecule has 0 spiro atoms. The van der Waals surface area contributed by atoms with Gasteiger partial charge in [0.15, 0.2) is 0 Å². The summed E-state index contributed by atoms with van der Waals surface area (Å²) in [5, 5.41) is 3.13. The van der Waals surface area contributed by atoms with E-state index in [-0.39, 0.29) is 23.9 Å². The minimum absolute atomic E-state index is 0.0213. The van der Waals surface area contributed by atoms with E-state index in [4.69, 9.17) is 0 Å². The van der Waals surface area contributed by atoms with Crippen molar-refractivity contribution in [1.29, 1.82) is 0 Å². The smallest absolute Gasteiger partial charge is 0.227 e. The zero-order chi connectivity index (χ0) is 16.2. The van der Waals surface area contributed by atoms with Crippen LogP contribution in [0.5, 0.6) is 0 Å². The van der Waals surface area contributed by atoms with E-state index in [1.807, 2.05) is 44.2 Å². The zero-order valence-corrected chi connectivity index (χ0v) is 13.5. The number of amides is 1. The maximum absolute atomic E-state index is 12.7. The molecule has 2 aromatic rings. The van der Waals surface area contributed by atoms with Gasteiger partial charge < -0.3 is 10.3 Å². The van der Waals surface area contributed by atoms with Crippen LogP contribution in [-0.4, -0.2) is 22.4 Å². The fourth-order valence-corrected chi connectivity index (χ4v) is 2.97. The minimum Gasteiger partial charge on any atom is -0.346 e. The van der Waals surface area contributed by atoms with Crippen molar-refractivity contribution < 1.29 is 4.79 Å². The van der Waals surface area contributed by atoms with Crippen molar-refractivity contribution in [3.05, 3.63) is 53.6 Å². The Morgan fingerprint density at radius 2 is 2.17 bits per heavy atom. The van der Waals surface area contributed by atoms with Gasteiger partial charge in [-0.15, -0.1) is 0 Å². The third-order valence-corrected chi connectivity index (χ3v) is 4.25. The van der Waals surface area contributed by atoms with Gasteiger partial charge in [0, 0.05) is 18.4 Å². The van der Waals surface area contributed by atoms with Crippen molar-refractivity contribution >= 4 is 5.91 Å². The third-order valence-electron chi connectivity index (χ3n) is 4.25. The van der Waals surface area contributed by atoms with Gasteiger partial charge in [0.2, 0.25) is 5.91 Å². The van der Waals surface area contributed by atoms with Crippen molar-refractivity contribution in [3.8, 4) is 0 Å². The Bertz CT molecular complexity index is 654. The zero-order valence-electron chi connectivity index (χ0n) is 13.5. The van der Waals surface area contributed by atoms with Crippen LogP contribution in [0.4, 0.5) is 0 Å². The SMILES string of the molecule is CCC(NC(=O)C1CNNC1c1ccccc1)c1ncc(C)[nH]1. The number of nitrogens with zero attached hydrogens (tertiary/aromatic N) is 1. The molecular weight excluding hydrogens is 290 g/mol. The highest BCUT2D eigenvalue weighted by Gasteiger charge is 2.34. The summed E-state index contributed by atoms with van der Waals surface area (Å²) in [7, 11) is 0. The largest absolute Gasteiger partial charge is 0.346 e. The molecule has 3 rings (SSSR count). The number of imidazole rings is 1. The summed E-state index contributed by atoms with van der Waals surface area (Å²) in [6.45, 7) is 4.61. The number of aromatic amines is 1. The van der Waals surface area contributed by atoms with E-state index in [0.717, 1.165) is 23.5 Å². The van der Waals surface area contributed by atoms with E-state index in [1.54, 1.807) is 6.20 Å². The average molecular weight is 313 g/mol. The first-order valence-corrected chi connectivity index (χ1v) is 8.04. The van der Waals surface area contributed by atoms with Gasteiger partial charge in [0.25, 0.3) is 0 Å². The van der Waals surface area contributed by atoms with Gasteiger partial charge in [0.05, 0.1) is 18.0 Å². The molecule has 1 amide bonds. The minimum atomic E-state index is -0.150. The first kappa shape index (κ1) is 15.7. The first-order valence-electron chi connectivity index (χ1n) is 8.04. The Labute approximate surface area is 136 Å². The molecule has 0 bridgehead atoms. The monoisotopic (exact) mass is 313 g/mol. The van der Waals surface area contributed by atoms with Crippen molar-refractivity contribution in [1.82, 2.24) is 26.1 Å². The van der Waals surface area contributed by atoms with Gasteiger partial charge >= 0.3 is 0 Å². The Kier molecular flexibility index (Phi) is 4.73. The van der Waals surface area contributed by atoms with Crippen molar-refractivity contribution in [2.45, 2.75) is 32.4 Å². The first-order chi connectivity index (χ1) is 11.2. The fourth-order valence-electron chi connectivity index (χ4n) is 2.97. The van der Waals surface area contributed by atoms with Crippen LogP contribution in [0.1, 0.15) is 42.5 Å². The standard InChI is InChI=1S/C17H23N5O/c1-3-14(16-18-9-11(2)20-16)21-17(23)13-10-19-22-15(13)12-7-5-4-6-8-12/h4-9,13-15,19,22H,3,10H2,1-2H3,(H,18,20)(H,21,23). The van der Waals surface area contributed by atoms with Crippen molar-refractivity contribution in [2.75, 3.05) is 6.54 Å². The summed E-state index contributed by atoms with van der Waals surface area (Å²) in [6.07, 6.45) is 2.58. The Balaban J connectivity index is 1.71. The number of nitrogens with one attached hydrogen (secondary N) is 4. The second kappa shape index (κ2) is 6.93. The van der Waals surface area contributed by atoms with Gasteiger partial charge in [-0.05, 0) is 18.9 Å². The van der Waals surface area contributed by atoms with Crippen LogP contribution in [0.25, 0.3) is 0 Å². The molecule has 2 heterocycles. The second-order valence-corrected chi connectivity index (χ2v) is 5.94. The molecule has 6 heteroatoms. The number of rotatable bonds is 5. The van der Waals surface area contributed by atoms with Gasteiger partial charge in [0.1, 0.15) is 5.82 Å². The number of hydrogen-bond donors (Lipinski definition) is 4. The van der Waals surface area contributed by atoms with Gasteiger partial charge in [-0.3, -0.25) is 10.2 Å². The number of hydrogen-bond acceptors (Lipinski definition) is 4. The van der Waals surface area contributed by atoms with Crippen LogP contribution >= 0.6 is 0 Å². The van der Waals surface area contributed by atoms with E-state index in [2.05, 4.69) is 26.1 Å². The van der Waals surface area contributed by atoms with E-state index in [1.165, 1.54) is 0 Å². The molecule has 1 aliphatic heterocycles. The molecule has 3 unspecified atom stereocenters. The topological polar surface area (TPSA) is 81.8 Å². The number of H-pyrrole nitrogens is 1. The molecule has 4 N–H and O–H groups in total. The molecule has 1 saturated heterocycles. The molecule has 1 fully saturated rings. The maximum Gasteiger partial charge on any atom is 0.227 e. The number of hydrazine groups is 1. The number of carbonyl (C=O) groups is 1. The predicted octanol–water partition coefficient (Wildman–Crippen LogP) is 1.75. The lowest BCUT2D eigenvalue weighted by molar-refractivity contribution is -0.125. The van der Waals surface area contributed by atoms with Crippen LogP contribution < -0.4 is 16.2 Å². The lowest BCUT2D eigenvalue weighted by atomic mass is 9.94. The van der Waals surface area contributed by atoms with Crippen LogP contribution in [0.15, 0.2) is 36.5 Å². The lowest BCUT2D eigenvalue weighted by Crippen LogP contribution is -2.37. The van der Waals surface area contributed by atoms with Crippen molar-refractivity contribution in [2.24, 2.45) is 5.92 Å². The Morgan fingerprint density at radius 1 is 1.39 bits per heavy atom. The second-order valence-electron chi connectivity index (χ2n) is 5.94. The number of aromatic nitrogens is 2. The van der Waals surface area contributed by atoms with Crippen LogP contribution in [0.2, 0.25) is 0 Å². The number of benzene rings is 1. The quantitative estimate of drug-likeness (QED) is 0.678. The summed E-state index contributed by atoms with van der Waals surface area (Å²) in [6, 6.07) is 9.93. The highest BCUT2D eigenvalue weighted by atomic mass is 16.2. The lowest BCUT2D eigenvalue weighted by Gasteiger charge is -2.21. The maximum atomic E-state index is 12.7. The normalized spacial score (nSPS) is 22.0. The molecule has 3 atom stereocenters. The predicted molar refractivity (Wildman–Crippen MR) is 88.3 cm³/mol. The molecule has 0 radical (unpaired) electrons. The van der Waals surface area contributed by atoms with Gasteiger partial charge in [-0.2, -0.15) is 0 Å². The summed E-state index contributed by atoms with van der Waals surface area (Å²) >= 11 is 0. The van der Waals surface area contributed by atoms with Crippen molar-refractivity contribution in [3.63, 3.8) is 0 Å². The van der Waals surface area contributed by atoms with Gasteiger partial charge in [-0.25, -0.2) is 10.4 Å². The highest BCUT2D eigenvalue weighted by Crippen LogP contribution is 2.26. The molecule has 1 aromatic carbocycles. The summed E-state index contributed by atoms with van der Waals surface area (Å²) in [5.41, 5.74) is 8.42. The third kappa shape index (κ3) is 3.43. The van der Waals surface area contributed by atoms with E-state index < -0.39 is 0 Å². The molecule has 122 valence electrons. The number of aryl methyl sites for hydroxylation is 1. The summed E-state index contributed by atoms with van der Waals surface area (Å²) in [4.78, 5) is 20.3. The summed E-state index contributed by atoms with van der Waals surface area (Å²) < 4.78 is 0. The van der Waals surface area contributed by atoms with Crippen LogP contribution in [0, 0.1) is 12.8 Å². The average Bonchev–Trinajstić information content (AvgIpc) is 3.22. The van der Waals surface area contributed by atoms with Gasteiger partial charge in [-0.1, -0.05) is 37.3 Å². The molecule has 23 heavy (non-hydrogen) atoms. The van der Waals surface area contributed by atoms with E-state index in [0.29, 0.717) is 6.54 Å². The molecule has 0 aliphatic carbocycles.